The highest BCUT2D eigenvalue weighted by atomic mass is 31.2. The van der Waals surface area contributed by atoms with Gasteiger partial charge in [0.15, 0.2) is 0 Å². The molecular weight excluding hydrogens is 510 g/mol. The SMILES string of the molecule is O=P(Nc1ccccc1)(Nc1ccccc1)c1cccc(P(=O)(Nc2ccccc2)Nc2ccccc2)c1. The Hall–Kier alpha value is -4.24. The topological polar surface area (TPSA) is 82.3 Å². The van der Waals surface area contributed by atoms with Crippen LogP contribution in [0.1, 0.15) is 0 Å². The summed E-state index contributed by atoms with van der Waals surface area (Å²) >= 11 is 0. The highest BCUT2D eigenvalue weighted by Gasteiger charge is 2.30. The van der Waals surface area contributed by atoms with E-state index in [4.69, 9.17) is 0 Å². The van der Waals surface area contributed by atoms with Gasteiger partial charge in [-0.1, -0.05) is 78.9 Å². The fraction of sp³-hybridized carbons (Fsp3) is 0. The molecule has 38 heavy (non-hydrogen) atoms. The maximum absolute atomic E-state index is 14.6. The number of para-hydroxylation sites is 4. The van der Waals surface area contributed by atoms with Gasteiger partial charge in [-0.05, 0) is 66.7 Å². The Kier molecular flexibility index (Phi) is 7.65. The van der Waals surface area contributed by atoms with Gasteiger partial charge in [0, 0.05) is 22.7 Å². The largest absolute Gasteiger partial charge is 0.317 e. The summed E-state index contributed by atoms with van der Waals surface area (Å²) in [6.45, 7) is 0. The van der Waals surface area contributed by atoms with Gasteiger partial charge in [-0.25, -0.2) is 0 Å². The molecule has 0 fully saturated rings. The van der Waals surface area contributed by atoms with Crippen molar-refractivity contribution in [2.24, 2.45) is 0 Å². The molecule has 5 rings (SSSR count). The van der Waals surface area contributed by atoms with Crippen molar-refractivity contribution in [1.29, 1.82) is 0 Å². The van der Waals surface area contributed by atoms with Crippen LogP contribution < -0.4 is 31.0 Å². The van der Waals surface area contributed by atoms with Gasteiger partial charge in [0.2, 0.25) is 0 Å². The molecule has 6 nitrogen and oxygen atoms in total. The minimum Gasteiger partial charge on any atom is -0.317 e. The molecule has 0 aliphatic rings. The van der Waals surface area contributed by atoms with E-state index in [1.807, 2.05) is 121 Å². The minimum atomic E-state index is -3.45. The summed E-state index contributed by atoms with van der Waals surface area (Å²) in [7, 11) is -6.91. The van der Waals surface area contributed by atoms with Gasteiger partial charge < -0.3 is 20.3 Å². The van der Waals surface area contributed by atoms with Crippen molar-refractivity contribution in [3.05, 3.63) is 146 Å². The fourth-order valence-electron chi connectivity index (χ4n) is 3.98. The van der Waals surface area contributed by atoms with Crippen LogP contribution >= 0.6 is 14.9 Å². The first-order valence-corrected chi connectivity index (χ1v) is 15.6. The molecule has 5 aromatic rings. The van der Waals surface area contributed by atoms with E-state index in [-0.39, 0.29) is 0 Å². The average molecular weight is 539 g/mol. The lowest BCUT2D eigenvalue weighted by Gasteiger charge is -2.26. The molecule has 0 unspecified atom stereocenters. The predicted molar refractivity (Wildman–Crippen MR) is 161 cm³/mol. The van der Waals surface area contributed by atoms with Crippen LogP contribution in [0.3, 0.4) is 0 Å². The van der Waals surface area contributed by atoms with Crippen molar-refractivity contribution in [2.45, 2.75) is 0 Å². The van der Waals surface area contributed by atoms with Crippen LogP contribution in [0.2, 0.25) is 0 Å². The normalized spacial score (nSPS) is 11.4. The quantitative estimate of drug-likeness (QED) is 0.136. The molecule has 0 heterocycles. The van der Waals surface area contributed by atoms with Crippen molar-refractivity contribution < 1.29 is 9.13 Å². The number of nitrogens with one attached hydrogen (secondary N) is 4. The number of hydrogen-bond acceptors (Lipinski definition) is 2. The highest BCUT2D eigenvalue weighted by Crippen LogP contribution is 2.47. The third-order valence-corrected chi connectivity index (χ3v) is 10.1. The zero-order chi connectivity index (χ0) is 26.3. The van der Waals surface area contributed by atoms with Gasteiger partial charge in [-0.2, -0.15) is 0 Å². The van der Waals surface area contributed by atoms with Gasteiger partial charge in [0.1, 0.15) is 0 Å². The van der Waals surface area contributed by atoms with Crippen molar-refractivity contribution in [3.8, 4) is 0 Å². The van der Waals surface area contributed by atoms with Crippen LogP contribution in [0.15, 0.2) is 146 Å². The molecule has 0 amide bonds. The van der Waals surface area contributed by atoms with E-state index in [0.717, 1.165) is 0 Å². The van der Waals surface area contributed by atoms with Crippen LogP contribution in [-0.2, 0) is 9.13 Å². The van der Waals surface area contributed by atoms with Crippen molar-refractivity contribution in [3.63, 3.8) is 0 Å². The molecule has 0 aliphatic carbocycles. The molecule has 0 aliphatic heterocycles. The molecule has 0 atom stereocenters. The summed E-state index contributed by atoms with van der Waals surface area (Å²) in [6, 6.07) is 44.7. The molecule has 0 saturated heterocycles. The van der Waals surface area contributed by atoms with E-state index < -0.39 is 14.9 Å². The molecule has 0 radical (unpaired) electrons. The third-order valence-electron chi connectivity index (χ3n) is 5.80. The molecule has 5 aromatic carbocycles. The maximum Gasteiger partial charge on any atom is 0.287 e. The summed E-state index contributed by atoms with van der Waals surface area (Å²) in [5.41, 5.74) is 2.82. The Balaban J connectivity index is 1.57. The Bertz CT molecular complexity index is 1360. The summed E-state index contributed by atoms with van der Waals surface area (Å²) < 4.78 is 29.2. The average Bonchev–Trinajstić information content (AvgIpc) is 2.95. The van der Waals surface area contributed by atoms with Crippen molar-refractivity contribution in [2.75, 3.05) is 20.3 Å². The van der Waals surface area contributed by atoms with E-state index in [0.29, 0.717) is 33.4 Å². The second kappa shape index (κ2) is 11.4. The second-order valence-corrected chi connectivity index (χ2v) is 13.0. The molecule has 0 aromatic heterocycles. The first-order valence-electron chi connectivity index (χ1n) is 12.2. The number of anilines is 4. The van der Waals surface area contributed by atoms with Gasteiger partial charge in [-0.15, -0.1) is 0 Å². The molecule has 8 heteroatoms. The summed E-state index contributed by atoms with van der Waals surface area (Å²) in [4.78, 5) is 0. The smallest absolute Gasteiger partial charge is 0.287 e. The van der Waals surface area contributed by atoms with Gasteiger partial charge in [0.05, 0.1) is 10.6 Å². The maximum atomic E-state index is 14.6. The zero-order valence-electron chi connectivity index (χ0n) is 20.6. The second-order valence-electron chi connectivity index (χ2n) is 8.65. The highest BCUT2D eigenvalue weighted by molar-refractivity contribution is 7.75. The van der Waals surface area contributed by atoms with E-state index >= 15 is 0 Å². The van der Waals surface area contributed by atoms with Gasteiger partial charge >= 0.3 is 0 Å². The lowest BCUT2D eigenvalue weighted by Crippen LogP contribution is -2.25. The summed E-state index contributed by atoms with van der Waals surface area (Å²) in [5, 5.41) is 13.8. The molecule has 0 bridgehead atoms. The van der Waals surface area contributed by atoms with E-state index in [1.54, 1.807) is 24.3 Å². The standard InChI is InChI=1S/C30H28N4O2P2/c35-37(31-25-14-5-1-6-15-25,32-26-16-7-2-8-17-26)29-22-13-23-30(24-29)38(36,33-27-18-9-3-10-19-27)34-28-20-11-4-12-21-28/h1-24H,(H2,31,32,35)(H2,33,34,36). The lowest BCUT2D eigenvalue weighted by atomic mass is 10.3. The Labute approximate surface area is 223 Å². The molecule has 0 spiro atoms. The van der Waals surface area contributed by atoms with E-state index in [9.17, 15) is 9.13 Å². The Morgan fingerprint density at radius 2 is 0.605 bits per heavy atom. The number of hydrogen-bond donors (Lipinski definition) is 4. The van der Waals surface area contributed by atoms with Crippen LogP contribution in [0.4, 0.5) is 22.7 Å². The first-order chi connectivity index (χ1) is 18.5. The van der Waals surface area contributed by atoms with Crippen molar-refractivity contribution in [1.82, 2.24) is 0 Å². The minimum absolute atomic E-state index is 0.493. The number of rotatable bonds is 10. The summed E-state index contributed by atoms with van der Waals surface area (Å²) in [6.07, 6.45) is 0. The molecule has 4 N–H and O–H groups in total. The third kappa shape index (κ3) is 6.18. The zero-order valence-corrected chi connectivity index (χ0v) is 22.4. The summed E-state index contributed by atoms with van der Waals surface area (Å²) in [5.74, 6) is 0. The molecule has 0 saturated carbocycles. The lowest BCUT2D eigenvalue weighted by molar-refractivity contribution is 0.587. The molecule has 190 valence electrons. The van der Waals surface area contributed by atoms with Crippen LogP contribution in [0.5, 0.6) is 0 Å². The fourth-order valence-corrected chi connectivity index (χ4v) is 7.99. The monoisotopic (exact) mass is 538 g/mol. The number of benzene rings is 5. The predicted octanol–water partition coefficient (Wildman–Crippen LogP) is 7.77. The van der Waals surface area contributed by atoms with E-state index in [1.165, 1.54) is 0 Å². The Morgan fingerprint density at radius 1 is 0.342 bits per heavy atom. The van der Waals surface area contributed by atoms with Crippen LogP contribution in [-0.4, -0.2) is 0 Å². The first kappa shape index (κ1) is 25.4. The van der Waals surface area contributed by atoms with Gasteiger partial charge in [-0.3, -0.25) is 9.13 Å². The molecular formula is C30H28N4O2P2. The Morgan fingerprint density at radius 3 is 0.868 bits per heavy atom. The van der Waals surface area contributed by atoms with Crippen LogP contribution in [0, 0.1) is 0 Å². The van der Waals surface area contributed by atoms with E-state index in [2.05, 4.69) is 20.3 Å². The van der Waals surface area contributed by atoms with Gasteiger partial charge in [0.25, 0.3) is 14.9 Å². The van der Waals surface area contributed by atoms with Crippen molar-refractivity contribution >= 4 is 48.2 Å². The van der Waals surface area contributed by atoms with Crippen LogP contribution in [0.25, 0.3) is 0 Å².